The summed E-state index contributed by atoms with van der Waals surface area (Å²) in [5.41, 5.74) is 0. The summed E-state index contributed by atoms with van der Waals surface area (Å²) >= 11 is 0. The SMILES string of the molecule is CCC(CNC1CC1)Oc1cccc(S(C)(=O)=O)c1. The Hall–Kier alpha value is -1.07. The summed E-state index contributed by atoms with van der Waals surface area (Å²) < 4.78 is 28.8. The molecule has 1 aliphatic rings. The van der Waals surface area contributed by atoms with E-state index in [1.807, 2.05) is 0 Å². The predicted octanol–water partition coefficient (Wildman–Crippen LogP) is 2.00. The lowest BCUT2D eigenvalue weighted by atomic mass is 10.2. The van der Waals surface area contributed by atoms with Gasteiger partial charge in [-0.25, -0.2) is 8.42 Å². The molecule has 0 heterocycles. The van der Waals surface area contributed by atoms with Crippen LogP contribution in [0.4, 0.5) is 0 Å². The smallest absolute Gasteiger partial charge is 0.175 e. The number of sulfone groups is 1. The first-order valence-electron chi connectivity index (χ1n) is 6.69. The van der Waals surface area contributed by atoms with Crippen LogP contribution in [-0.2, 0) is 9.84 Å². The molecule has 19 heavy (non-hydrogen) atoms. The van der Waals surface area contributed by atoms with Crippen LogP contribution in [0.25, 0.3) is 0 Å². The fraction of sp³-hybridized carbons (Fsp3) is 0.571. The Bertz CT molecular complexity index is 523. The second kappa shape index (κ2) is 5.92. The Kier molecular flexibility index (Phi) is 4.47. The van der Waals surface area contributed by atoms with Crippen LogP contribution < -0.4 is 10.1 Å². The minimum absolute atomic E-state index is 0.0791. The van der Waals surface area contributed by atoms with Gasteiger partial charge in [-0.05, 0) is 37.5 Å². The van der Waals surface area contributed by atoms with Crippen molar-refractivity contribution in [2.45, 2.75) is 43.2 Å². The van der Waals surface area contributed by atoms with E-state index < -0.39 is 9.84 Å². The monoisotopic (exact) mass is 283 g/mol. The average molecular weight is 283 g/mol. The molecule has 0 spiro atoms. The van der Waals surface area contributed by atoms with E-state index >= 15 is 0 Å². The van der Waals surface area contributed by atoms with Crippen molar-refractivity contribution in [3.63, 3.8) is 0 Å². The molecule has 4 nitrogen and oxygen atoms in total. The van der Waals surface area contributed by atoms with E-state index in [0.717, 1.165) is 13.0 Å². The zero-order valence-electron chi connectivity index (χ0n) is 11.4. The average Bonchev–Trinajstić information content (AvgIpc) is 3.18. The summed E-state index contributed by atoms with van der Waals surface area (Å²) in [6.07, 6.45) is 4.68. The molecule has 1 aromatic carbocycles. The topological polar surface area (TPSA) is 55.4 Å². The largest absolute Gasteiger partial charge is 0.489 e. The minimum Gasteiger partial charge on any atom is -0.489 e. The molecule has 1 aromatic rings. The first-order chi connectivity index (χ1) is 8.99. The highest BCUT2D eigenvalue weighted by Gasteiger charge is 2.22. The maximum absolute atomic E-state index is 11.5. The first-order valence-corrected chi connectivity index (χ1v) is 8.58. The van der Waals surface area contributed by atoms with E-state index in [1.54, 1.807) is 24.3 Å². The van der Waals surface area contributed by atoms with Gasteiger partial charge in [0, 0.05) is 18.8 Å². The molecule has 2 rings (SSSR count). The lowest BCUT2D eigenvalue weighted by molar-refractivity contribution is 0.192. The number of hydrogen-bond donors (Lipinski definition) is 1. The van der Waals surface area contributed by atoms with Crippen molar-refractivity contribution >= 4 is 9.84 Å². The fourth-order valence-electron chi connectivity index (χ4n) is 1.83. The summed E-state index contributed by atoms with van der Waals surface area (Å²) in [4.78, 5) is 0.301. The van der Waals surface area contributed by atoms with Crippen molar-refractivity contribution in [2.24, 2.45) is 0 Å². The molecule has 0 radical (unpaired) electrons. The molecule has 5 heteroatoms. The molecule has 0 aromatic heterocycles. The van der Waals surface area contributed by atoms with Crippen molar-refractivity contribution in [2.75, 3.05) is 12.8 Å². The summed E-state index contributed by atoms with van der Waals surface area (Å²) in [7, 11) is -3.18. The number of benzene rings is 1. The van der Waals surface area contributed by atoms with Crippen LogP contribution in [0, 0.1) is 0 Å². The van der Waals surface area contributed by atoms with Gasteiger partial charge in [0.1, 0.15) is 11.9 Å². The van der Waals surface area contributed by atoms with Crippen LogP contribution in [0.2, 0.25) is 0 Å². The second-order valence-electron chi connectivity index (χ2n) is 5.08. The van der Waals surface area contributed by atoms with E-state index in [0.29, 0.717) is 16.7 Å². The zero-order chi connectivity index (χ0) is 13.9. The van der Waals surface area contributed by atoms with Gasteiger partial charge in [0.15, 0.2) is 9.84 Å². The Morgan fingerprint density at radius 1 is 1.42 bits per heavy atom. The molecule has 1 N–H and O–H groups in total. The number of rotatable bonds is 7. The van der Waals surface area contributed by atoms with Gasteiger partial charge in [-0.2, -0.15) is 0 Å². The van der Waals surface area contributed by atoms with Crippen LogP contribution in [0.15, 0.2) is 29.2 Å². The molecule has 1 saturated carbocycles. The molecule has 1 atom stereocenters. The van der Waals surface area contributed by atoms with E-state index in [9.17, 15) is 8.42 Å². The Balaban J connectivity index is 1.99. The Morgan fingerprint density at radius 3 is 2.74 bits per heavy atom. The number of nitrogens with one attached hydrogen (secondary N) is 1. The van der Waals surface area contributed by atoms with Crippen molar-refractivity contribution in [1.82, 2.24) is 5.32 Å². The van der Waals surface area contributed by atoms with Crippen LogP contribution in [-0.4, -0.2) is 33.4 Å². The van der Waals surface area contributed by atoms with Gasteiger partial charge < -0.3 is 10.1 Å². The van der Waals surface area contributed by atoms with Gasteiger partial charge in [-0.3, -0.25) is 0 Å². The van der Waals surface area contributed by atoms with Crippen molar-refractivity contribution in [1.29, 1.82) is 0 Å². The van der Waals surface area contributed by atoms with Crippen molar-refractivity contribution < 1.29 is 13.2 Å². The van der Waals surface area contributed by atoms with Gasteiger partial charge in [0.25, 0.3) is 0 Å². The normalized spacial score (nSPS) is 17.2. The van der Waals surface area contributed by atoms with Crippen LogP contribution in [0.1, 0.15) is 26.2 Å². The van der Waals surface area contributed by atoms with Gasteiger partial charge >= 0.3 is 0 Å². The second-order valence-corrected chi connectivity index (χ2v) is 7.09. The maximum atomic E-state index is 11.5. The summed E-state index contributed by atoms with van der Waals surface area (Å²) in [6.45, 7) is 2.88. The highest BCUT2D eigenvalue weighted by Crippen LogP contribution is 2.21. The summed E-state index contributed by atoms with van der Waals surface area (Å²) in [5.74, 6) is 0.618. The molecule has 106 valence electrons. The van der Waals surface area contributed by atoms with Gasteiger partial charge in [0.2, 0.25) is 0 Å². The maximum Gasteiger partial charge on any atom is 0.175 e. The number of hydrogen-bond acceptors (Lipinski definition) is 4. The zero-order valence-corrected chi connectivity index (χ0v) is 12.2. The molecule has 0 aliphatic heterocycles. The quantitative estimate of drug-likeness (QED) is 0.831. The van der Waals surface area contributed by atoms with E-state index in [2.05, 4.69) is 12.2 Å². The minimum atomic E-state index is -3.18. The molecule has 1 unspecified atom stereocenters. The Labute approximate surface area is 115 Å². The molecule has 1 aliphatic carbocycles. The highest BCUT2D eigenvalue weighted by molar-refractivity contribution is 7.90. The van der Waals surface area contributed by atoms with Crippen LogP contribution in [0.3, 0.4) is 0 Å². The molecular weight excluding hydrogens is 262 g/mol. The van der Waals surface area contributed by atoms with E-state index in [4.69, 9.17) is 4.74 Å². The standard InChI is InChI=1S/C14H21NO3S/c1-3-12(10-15-11-7-8-11)18-13-5-4-6-14(9-13)19(2,16)17/h4-6,9,11-12,15H,3,7-8,10H2,1-2H3. The van der Waals surface area contributed by atoms with E-state index in [1.165, 1.54) is 19.1 Å². The molecular formula is C14H21NO3S. The third kappa shape index (κ3) is 4.51. The molecule has 0 amide bonds. The van der Waals surface area contributed by atoms with Gasteiger partial charge in [-0.15, -0.1) is 0 Å². The predicted molar refractivity (Wildman–Crippen MR) is 75.3 cm³/mol. The van der Waals surface area contributed by atoms with E-state index in [-0.39, 0.29) is 6.10 Å². The highest BCUT2D eigenvalue weighted by atomic mass is 32.2. The third-order valence-electron chi connectivity index (χ3n) is 3.20. The summed E-state index contributed by atoms with van der Waals surface area (Å²) in [5, 5.41) is 3.43. The lowest BCUT2D eigenvalue weighted by Crippen LogP contribution is -2.32. The molecule has 0 bridgehead atoms. The molecule has 1 fully saturated rings. The summed E-state index contributed by atoms with van der Waals surface area (Å²) in [6, 6.07) is 7.35. The third-order valence-corrected chi connectivity index (χ3v) is 4.31. The number of ether oxygens (including phenoxy) is 1. The Morgan fingerprint density at radius 2 is 2.16 bits per heavy atom. The van der Waals surface area contributed by atoms with Gasteiger partial charge in [-0.1, -0.05) is 13.0 Å². The van der Waals surface area contributed by atoms with Crippen molar-refractivity contribution in [3.05, 3.63) is 24.3 Å². The lowest BCUT2D eigenvalue weighted by Gasteiger charge is -2.18. The molecule has 0 saturated heterocycles. The first kappa shape index (κ1) is 14.3. The van der Waals surface area contributed by atoms with Crippen LogP contribution in [0.5, 0.6) is 5.75 Å². The van der Waals surface area contributed by atoms with Crippen molar-refractivity contribution in [3.8, 4) is 5.75 Å². The van der Waals surface area contributed by atoms with Gasteiger partial charge in [0.05, 0.1) is 4.90 Å². The van der Waals surface area contributed by atoms with Crippen LogP contribution >= 0.6 is 0 Å². The fourth-order valence-corrected chi connectivity index (χ4v) is 2.48.